The first kappa shape index (κ1) is 20.1. The minimum Gasteiger partial charge on any atom is -0.482 e. The second-order valence-corrected chi connectivity index (χ2v) is 7.74. The Hall–Kier alpha value is -2.16. The summed E-state index contributed by atoms with van der Waals surface area (Å²) in [6, 6.07) is 16.5. The summed E-state index contributed by atoms with van der Waals surface area (Å²) in [5.74, 6) is 1.76. The van der Waals surface area contributed by atoms with Gasteiger partial charge in [-0.1, -0.05) is 37.5 Å². The molecule has 2 fully saturated rings. The van der Waals surface area contributed by atoms with Crippen molar-refractivity contribution < 1.29 is 24.8 Å². The molecule has 2 aromatic rings. The molecule has 4 atom stereocenters. The third-order valence-corrected chi connectivity index (χ3v) is 5.71. The fraction of sp³-hybridized carbons (Fsp3) is 0.455. The van der Waals surface area contributed by atoms with Gasteiger partial charge in [-0.05, 0) is 49.2 Å². The second-order valence-electron chi connectivity index (χ2n) is 7.74. The summed E-state index contributed by atoms with van der Waals surface area (Å²) in [6.45, 7) is 0. The van der Waals surface area contributed by atoms with Gasteiger partial charge in [0.25, 0.3) is 0 Å². The van der Waals surface area contributed by atoms with Gasteiger partial charge in [0.15, 0.2) is 18.2 Å². The quantitative estimate of drug-likeness (QED) is 0.525. The predicted molar refractivity (Wildman–Crippen MR) is 107 cm³/mol. The largest absolute Gasteiger partial charge is 0.482 e. The van der Waals surface area contributed by atoms with Crippen molar-refractivity contribution in [3.63, 3.8) is 0 Å². The Morgan fingerprint density at radius 3 is 2.14 bits per heavy atom. The fourth-order valence-corrected chi connectivity index (χ4v) is 4.24. The molecule has 0 radical (unpaired) electrons. The molecule has 0 aromatic heterocycles. The van der Waals surface area contributed by atoms with Gasteiger partial charge in [-0.15, -0.1) is 0 Å². The maximum Gasteiger partial charge on any atom is 0.180 e. The zero-order valence-electron chi connectivity index (χ0n) is 16.2. The van der Waals surface area contributed by atoms with Gasteiger partial charge in [0, 0.05) is 5.92 Å². The van der Waals surface area contributed by atoms with Crippen molar-refractivity contribution in [1.82, 2.24) is 10.6 Å². The molecule has 1 aliphatic carbocycles. The number of rotatable bonds is 5. The fourth-order valence-electron chi connectivity index (χ4n) is 4.24. The maximum atomic E-state index is 11.4. The zero-order chi connectivity index (χ0) is 20.3. The summed E-state index contributed by atoms with van der Waals surface area (Å²) in [4.78, 5) is 0. The molecule has 2 aliphatic rings. The first-order valence-corrected chi connectivity index (χ1v) is 10.2. The average Bonchev–Trinajstić information content (AvgIpc) is 2.73. The molecule has 0 spiro atoms. The van der Waals surface area contributed by atoms with Crippen molar-refractivity contribution in [2.45, 2.75) is 56.5 Å². The van der Waals surface area contributed by atoms with Gasteiger partial charge in [0.2, 0.25) is 0 Å². The van der Waals surface area contributed by atoms with Gasteiger partial charge in [0.1, 0.15) is 23.5 Å². The molecule has 4 rings (SSSR count). The predicted octanol–water partition coefficient (Wildman–Crippen LogP) is 2.28. The molecule has 2 aromatic carbocycles. The Labute approximate surface area is 170 Å². The van der Waals surface area contributed by atoms with E-state index in [2.05, 4.69) is 10.6 Å². The van der Waals surface area contributed by atoms with Crippen LogP contribution in [0.25, 0.3) is 0 Å². The van der Waals surface area contributed by atoms with E-state index in [-0.39, 0.29) is 5.92 Å². The lowest BCUT2D eigenvalue weighted by molar-refractivity contribution is -0.229. The Bertz CT molecular complexity index is 782. The molecule has 5 N–H and O–H groups in total. The van der Waals surface area contributed by atoms with E-state index in [9.17, 15) is 15.3 Å². The van der Waals surface area contributed by atoms with Crippen LogP contribution in [0, 0.1) is 5.92 Å². The van der Waals surface area contributed by atoms with Crippen LogP contribution in [0.5, 0.6) is 17.2 Å². The maximum absolute atomic E-state index is 11.4. The number of aliphatic hydroxyl groups is 3. The normalized spacial score (nSPS) is 30.7. The smallest absolute Gasteiger partial charge is 0.180 e. The van der Waals surface area contributed by atoms with E-state index in [4.69, 9.17) is 9.47 Å². The van der Waals surface area contributed by atoms with Crippen LogP contribution in [-0.4, -0.2) is 39.7 Å². The molecular weight excluding hydrogens is 372 g/mol. The van der Waals surface area contributed by atoms with Crippen molar-refractivity contribution >= 4 is 0 Å². The molecule has 1 heterocycles. The molecule has 156 valence electrons. The number of hydrogen-bond donors (Lipinski definition) is 5. The summed E-state index contributed by atoms with van der Waals surface area (Å²) in [5.41, 5.74) is -1.54. The number of hydrogen-bond acceptors (Lipinski definition) is 7. The molecular formula is C22H28N2O5. The Balaban J connectivity index is 1.49. The van der Waals surface area contributed by atoms with Crippen LogP contribution in [0.2, 0.25) is 0 Å². The number of para-hydroxylation sites is 1. The van der Waals surface area contributed by atoms with Gasteiger partial charge >= 0.3 is 0 Å². The van der Waals surface area contributed by atoms with Gasteiger partial charge in [-0.3, -0.25) is 5.32 Å². The third-order valence-electron chi connectivity index (χ3n) is 5.71. The topological polar surface area (TPSA) is 103 Å². The number of ether oxygens (including phenoxy) is 2. The third kappa shape index (κ3) is 4.55. The van der Waals surface area contributed by atoms with Crippen molar-refractivity contribution in [3.8, 4) is 17.2 Å². The lowest BCUT2D eigenvalue weighted by atomic mass is 9.78. The van der Waals surface area contributed by atoms with Crippen LogP contribution in [0.3, 0.4) is 0 Å². The van der Waals surface area contributed by atoms with E-state index in [1.165, 1.54) is 0 Å². The molecule has 0 bridgehead atoms. The van der Waals surface area contributed by atoms with Crippen LogP contribution in [0.15, 0.2) is 54.6 Å². The highest BCUT2D eigenvalue weighted by atomic mass is 16.5. The van der Waals surface area contributed by atoms with Crippen molar-refractivity contribution in [2.24, 2.45) is 5.92 Å². The van der Waals surface area contributed by atoms with Crippen molar-refractivity contribution in [2.75, 3.05) is 0 Å². The monoisotopic (exact) mass is 400 g/mol. The Morgan fingerprint density at radius 1 is 0.828 bits per heavy atom. The minimum absolute atomic E-state index is 0.117. The van der Waals surface area contributed by atoms with E-state index in [1.807, 2.05) is 30.3 Å². The van der Waals surface area contributed by atoms with Gasteiger partial charge in [0.05, 0.1) is 0 Å². The van der Waals surface area contributed by atoms with Crippen LogP contribution in [-0.2, 0) is 0 Å². The number of nitrogens with one attached hydrogen (secondary N) is 2. The van der Waals surface area contributed by atoms with Gasteiger partial charge in [-0.25, -0.2) is 5.32 Å². The van der Waals surface area contributed by atoms with Gasteiger partial charge in [-0.2, -0.15) is 0 Å². The van der Waals surface area contributed by atoms with Crippen LogP contribution in [0.1, 0.15) is 32.1 Å². The SMILES string of the molecule is OC1NC(O)C(Oc2ccc(Oc3ccccc3)cc2)C(O)(C2CCCCC2)N1. The van der Waals surface area contributed by atoms with Crippen molar-refractivity contribution in [3.05, 3.63) is 54.6 Å². The standard InChI is InChI=1S/C22H28N2O5/c25-20-19(22(27,24-21(26)23-20)15-7-3-1-4-8-15)29-18-13-11-17(12-14-18)28-16-9-5-2-6-10-16/h2,5-6,9-15,19-21,23-27H,1,3-4,7-8H2. The Kier molecular flexibility index (Phi) is 6.03. The molecule has 4 unspecified atom stereocenters. The summed E-state index contributed by atoms with van der Waals surface area (Å²) in [6.07, 6.45) is 1.36. The van der Waals surface area contributed by atoms with Crippen LogP contribution >= 0.6 is 0 Å². The van der Waals surface area contributed by atoms with Crippen molar-refractivity contribution in [1.29, 1.82) is 0 Å². The molecule has 1 saturated heterocycles. The highest BCUT2D eigenvalue weighted by Gasteiger charge is 2.53. The lowest BCUT2D eigenvalue weighted by Gasteiger charge is -2.50. The van der Waals surface area contributed by atoms with E-state index >= 15 is 0 Å². The molecule has 29 heavy (non-hydrogen) atoms. The summed E-state index contributed by atoms with van der Waals surface area (Å²) < 4.78 is 11.8. The van der Waals surface area contributed by atoms with E-state index in [0.29, 0.717) is 11.5 Å². The van der Waals surface area contributed by atoms with E-state index in [1.54, 1.807) is 24.3 Å². The summed E-state index contributed by atoms with van der Waals surface area (Å²) >= 11 is 0. The second kappa shape index (κ2) is 8.69. The van der Waals surface area contributed by atoms with E-state index < -0.39 is 24.4 Å². The number of aliphatic hydroxyl groups excluding tert-OH is 2. The molecule has 1 aliphatic heterocycles. The summed E-state index contributed by atoms with van der Waals surface area (Å²) in [5, 5.41) is 37.2. The average molecular weight is 400 g/mol. The summed E-state index contributed by atoms with van der Waals surface area (Å²) in [7, 11) is 0. The minimum atomic E-state index is -1.54. The molecule has 7 nitrogen and oxygen atoms in total. The Morgan fingerprint density at radius 2 is 1.45 bits per heavy atom. The zero-order valence-corrected chi connectivity index (χ0v) is 16.2. The van der Waals surface area contributed by atoms with Crippen LogP contribution in [0.4, 0.5) is 0 Å². The number of benzene rings is 2. The molecule has 7 heteroatoms. The van der Waals surface area contributed by atoms with Crippen LogP contribution < -0.4 is 20.1 Å². The first-order chi connectivity index (χ1) is 14.0. The first-order valence-electron chi connectivity index (χ1n) is 10.2. The molecule has 0 amide bonds. The molecule has 1 saturated carbocycles. The highest BCUT2D eigenvalue weighted by molar-refractivity contribution is 5.35. The van der Waals surface area contributed by atoms with E-state index in [0.717, 1.165) is 37.9 Å². The van der Waals surface area contributed by atoms with Gasteiger partial charge < -0.3 is 24.8 Å². The highest BCUT2D eigenvalue weighted by Crippen LogP contribution is 2.37. The lowest BCUT2D eigenvalue weighted by Crippen LogP contribution is -2.77.